The Morgan fingerprint density at radius 3 is 2.45 bits per heavy atom. The SMILES string of the molecule is C=C1C[C@H](OC)CCCCC/C2=C\C(=O)O[C@H](/C=C(/C)CC(=O)O[C@@H](/C=C\C(C)C)[C@@H](C)[C@H](O)C(=O)N2)C/C(C)=C/C=C/1C. The Kier molecular flexibility index (Phi) is 15.6. The third kappa shape index (κ3) is 13.2. The number of aliphatic hydroxyl groups is 1. The lowest BCUT2D eigenvalue weighted by molar-refractivity contribution is -0.152. The summed E-state index contributed by atoms with van der Waals surface area (Å²) in [6.45, 7) is 15.7. The second-order valence-electron chi connectivity index (χ2n) is 12.5. The van der Waals surface area contributed by atoms with E-state index in [0.29, 0.717) is 30.5 Å². The number of carbonyl (C=O) groups excluding carboxylic acids is 3. The fourth-order valence-corrected chi connectivity index (χ4v) is 5.11. The topological polar surface area (TPSA) is 111 Å². The molecule has 0 unspecified atom stereocenters. The summed E-state index contributed by atoms with van der Waals surface area (Å²) in [5.74, 6) is -2.33. The number of methoxy groups -OCH3 is 1. The van der Waals surface area contributed by atoms with E-state index in [9.17, 15) is 19.5 Å². The van der Waals surface area contributed by atoms with E-state index in [1.54, 1.807) is 33.1 Å². The molecular formula is C36H53NO7. The Morgan fingerprint density at radius 2 is 1.77 bits per heavy atom. The third-order valence-corrected chi connectivity index (χ3v) is 7.95. The molecule has 8 heteroatoms. The molecule has 2 rings (SSSR count). The monoisotopic (exact) mass is 611 g/mol. The van der Waals surface area contributed by atoms with Crippen LogP contribution in [0.2, 0.25) is 0 Å². The van der Waals surface area contributed by atoms with Crippen LogP contribution in [0.4, 0.5) is 0 Å². The third-order valence-electron chi connectivity index (χ3n) is 7.95. The number of hydrogen-bond acceptors (Lipinski definition) is 7. The lowest BCUT2D eigenvalue weighted by Gasteiger charge is -2.26. The fourth-order valence-electron chi connectivity index (χ4n) is 5.11. The van der Waals surface area contributed by atoms with Crippen molar-refractivity contribution in [3.8, 4) is 0 Å². The van der Waals surface area contributed by atoms with E-state index in [2.05, 4.69) is 11.9 Å². The molecule has 1 amide bonds. The number of nitrogens with one attached hydrogen (secondary N) is 1. The van der Waals surface area contributed by atoms with Crippen molar-refractivity contribution >= 4 is 17.8 Å². The van der Waals surface area contributed by atoms with Gasteiger partial charge in [0.2, 0.25) is 0 Å². The molecule has 0 spiro atoms. The van der Waals surface area contributed by atoms with Gasteiger partial charge in [-0.3, -0.25) is 9.59 Å². The summed E-state index contributed by atoms with van der Waals surface area (Å²) in [6, 6.07) is 0. The maximum atomic E-state index is 13.2. The van der Waals surface area contributed by atoms with Crippen molar-refractivity contribution in [2.24, 2.45) is 11.8 Å². The molecule has 0 aromatic carbocycles. The zero-order chi connectivity index (χ0) is 32.8. The van der Waals surface area contributed by atoms with Gasteiger partial charge in [0, 0.05) is 31.2 Å². The van der Waals surface area contributed by atoms with E-state index in [0.717, 1.165) is 42.4 Å². The lowest BCUT2D eigenvalue weighted by Crippen LogP contribution is -2.43. The Hall–Kier alpha value is -3.23. The van der Waals surface area contributed by atoms with Gasteiger partial charge in [0.1, 0.15) is 18.3 Å². The van der Waals surface area contributed by atoms with E-state index in [-0.39, 0.29) is 18.4 Å². The number of rotatable bonds is 3. The number of fused-ring (bicyclic) bond motifs is 3. The number of carbonyl (C=O) groups is 3. The number of cyclic esters (lactones) is 1. The van der Waals surface area contributed by atoms with Gasteiger partial charge >= 0.3 is 11.9 Å². The number of amides is 1. The highest BCUT2D eigenvalue weighted by Gasteiger charge is 2.31. The van der Waals surface area contributed by atoms with Gasteiger partial charge in [-0.1, -0.05) is 69.6 Å². The van der Waals surface area contributed by atoms with Crippen LogP contribution in [0.25, 0.3) is 0 Å². The van der Waals surface area contributed by atoms with Crippen LogP contribution in [0.1, 0.15) is 92.9 Å². The smallest absolute Gasteiger partial charge is 0.333 e. The molecule has 0 saturated heterocycles. The van der Waals surface area contributed by atoms with Crippen LogP contribution in [0.5, 0.6) is 0 Å². The highest BCUT2D eigenvalue weighted by Crippen LogP contribution is 2.23. The van der Waals surface area contributed by atoms with Crippen LogP contribution in [0, 0.1) is 11.8 Å². The van der Waals surface area contributed by atoms with Gasteiger partial charge in [-0.05, 0) is 75.7 Å². The first-order chi connectivity index (χ1) is 20.8. The summed E-state index contributed by atoms with van der Waals surface area (Å²) < 4.78 is 17.4. The van der Waals surface area contributed by atoms with Crippen molar-refractivity contribution in [3.63, 3.8) is 0 Å². The molecule has 0 radical (unpaired) electrons. The molecule has 0 aromatic heterocycles. The molecular weight excluding hydrogens is 558 g/mol. The molecule has 2 heterocycles. The predicted octanol–water partition coefficient (Wildman–Crippen LogP) is 6.58. The fraction of sp³-hybridized carbons (Fsp3) is 0.583. The maximum absolute atomic E-state index is 13.2. The molecule has 2 aliphatic rings. The Bertz CT molecular complexity index is 1170. The number of aliphatic hydroxyl groups excluding tert-OH is 1. The highest BCUT2D eigenvalue weighted by molar-refractivity contribution is 5.87. The van der Waals surface area contributed by atoms with Gasteiger partial charge in [0.15, 0.2) is 0 Å². The minimum atomic E-state index is -1.48. The average molecular weight is 612 g/mol. The molecule has 0 fully saturated rings. The van der Waals surface area contributed by atoms with Crippen molar-refractivity contribution < 1.29 is 33.7 Å². The van der Waals surface area contributed by atoms with Crippen molar-refractivity contribution in [2.45, 2.75) is 117 Å². The van der Waals surface area contributed by atoms with Crippen LogP contribution in [0.3, 0.4) is 0 Å². The van der Waals surface area contributed by atoms with Gasteiger partial charge in [-0.15, -0.1) is 0 Å². The van der Waals surface area contributed by atoms with Crippen LogP contribution in [0.15, 0.2) is 71.0 Å². The van der Waals surface area contributed by atoms with E-state index >= 15 is 0 Å². The van der Waals surface area contributed by atoms with Gasteiger partial charge < -0.3 is 24.6 Å². The van der Waals surface area contributed by atoms with Gasteiger partial charge in [-0.2, -0.15) is 0 Å². The molecule has 5 atom stereocenters. The molecule has 244 valence electrons. The van der Waals surface area contributed by atoms with Crippen LogP contribution >= 0.6 is 0 Å². The van der Waals surface area contributed by atoms with E-state index < -0.39 is 42.1 Å². The summed E-state index contributed by atoms with van der Waals surface area (Å²) in [5, 5.41) is 13.8. The Labute approximate surface area is 264 Å². The first-order valence-corrected chi connectivity index (χ1v) is 15.8. The first kappa shape index (κ1) is 37.0. The largest absolute Gasteiger partial charge is 0.457 e. The van der Waals surface area contributed by atoms with Crippen LogP contribution in [-0.4, -0.2) is 54.5 Å². The van der Waals surface area contributed by atoms with Crippen molar-refractivity contribution in [2.75, 3.05) is 7.11 Å². The number of esters is 2. The molecule has 2 bridgehead atoms. The normalized spacial score (nSPS) is 32.8. The van der Waals surface area contributed by atoms with Crippen molar-refractivity contribution in [1.29, 1.82) is 0 Å². The second kappa shape index (κ2) is 18.5. The lowest BCUT2D eigenvalue weighted by atomic mass is 9.95. The van der Waals surface area contributed by atoms with E-state index in [4.69, 9.17) is 14.2 Å². The van der Waals surface area contributed by atoms with E-state index in [1.165, 1.54) is 6.08 Å². The van der Waals surface area contributed by atoms with Gasteiger partial charge in [0.25, 0.3) is 5.91 Å². The molecule has 44 heavy (non-hydrogen) atoms. The van der Waals surface area contributed by atoms with Crippen molar-refractivity contribution in [1.82, 2.24) is 5.32 Å². The minimum Gasteiger partial charge on any atom is -0.457 e. The standard InChI is InChI=1S/C36H53NO7/c1-23(2)14-17-32-28(7)35(40)36(41)37-29-12-10-9-11-13-30(42-8)21-27(6)26(5)16-15-24(3)18-31(43-34(39)22-29)19-25(4)20-33(38)44-32/h14-17,19,22-23,28,30-32,35,40H,6,9-13,18,20-21H2,1-5,7-8H3,(H,37,41)/b17-14-,24-15+,25-19-,26-16+,29-22+/t28-,30-,31+,32+,35+/m1/s1. The Balaban J connectivity index is 2.55. The molecule has 0 saturated carbocycles. The van der Waals surface area contributed by atoms with Crippen molar-refractivity contribution in [3.05, 3.63) is 71.0 Å². The van der Waals surface area contributed by atoms with E-state index in [1.807, 2.05) is 45.9 Å². The Morgan fingerprint density at radius 1 is 1.05 bits per heavy atom. The summed E-state index contributed by atoms with van der Waals surface area (Å²) in [7, 11) is 1.72. The molecule has 2 aliphatic heterocycles. The molecule has 2 N–H and O–H groups in total. The quantitative estimate of drug-likeness (QED) is 0.274. The predicted molar refractivity (Wildman–Crippen MR) is 173 cm³/mol. The van der Waals surface area contributed by atoms with Gasteiger partial charge in [-0.25, -0.2) is 4.79 Å². The number of ether oxygens (including phenoxy) is 3. The summed E-state index contributed by atoms with van der Waals surface area (Å²) in [6.07, 6.45) is 12.6. The maximum Gasteiger partial charge on any atom is 0.333 e. The number of allylic oxidation sites excluding steroid dienone is 5. The van der Waals surface area contributed by atoms with Gasteiger partial charge in [0.05, 0.1) is 12.5 Å². The molecule has 8 nitrogen and oxygen atoms in total. The minimum absolute atomic E-state index is 0.0293. The summed E-state index contributed by atoms with van der Waals surface area (Å²) in [5.41, 5.74) is 4.09. The number of hydrogen-bond donors (Lipinski definition) is 2. The molecule has 0 aromatic rings. The second-order valence-corrected chi connectivity index (χ2v) is 12.5. The summed E-state index contributed by atoms with van der Waals surface area (Å²) in [4.78, 5) is 39.4. The van der Waals surface area contributed by atoms with Crippen LogP contribution in [-0.2, 0) is 28.6 Å². The zero-order valence-electron chi connectivity index (χ0n) is 27.7. The zero-order valence-corrected chi connectivity index (χ0v) is 27.7. The molecule has 0 aliphatic carbocycles. The average Bonchev–Trinajstić information content (AvgIpc) is 2.94. The summed E-state index contributed by atoms with van der Waals surface area (Å²) >= 11 is 0. The van der Waals surface area contributed by atoms with Crippen LogP contribution < -0.4 is 5.32 Å². The first-order valence-electron chi connectivity index (χ1n) is 15.8. The highest BCUT2D eigenvalue weighted by atomic mass is 16.5.